The molecule has 128 valence electrons. The fourth-order valence-corrected chi connectivity index (χ4v) is 2.92. The fraction of sp³-hybridized carbons (Fsp3) is 0.167. The van der Waals surface area contributed by atoms with Crippen molar-refractivity contribution in [2.75, 3.05) is 0 Å². The van der Waals surface area contributed by atoms with Crippen LogP contribution in [0.3, 0.4) is 0 Å². The molecule has 2 aromatic heterocycles. The van der Waals surface area contributed by atoms with Gasteiger partial charge in [-0.3, -0.25) is 4.79 Å². The first-order chi connectivity index (χ1) is 12.1. The van der Waals surface area contributed by atoms with Crippen molar-refractivity contribution in [2.45, 2.75) is 19.9 Å². The van der Waals surface area contributed by atoms with Gasteiger partial charge in [-0.05, 0) is 42.3 Å². The van der Waals surface area contributed by atoms with E-state index in [4.69, 9.17) is 0 Å². The third-order valence-corrected chi connectivity index (χ3v) is 4.54. The third kappa shape index (κ3) is 3.76. The lowest BCUT2D eigenvalue weighted by atomic mass is 10.1. The molecular formula is C18H16BrFN4O. The normalized spacial score (nSPS) is 10.7. The van der Waals surface area contributed by atoms with E-state index in [1.807, 2.05) is 25.1 Å². The summed E-state index contributed by atoms with van der Waals surface area (Å²) in [7, 11) is 0. The molecule has 0 saturated carbocycles. The second kappa shape index (κ2) is 7.57. The van der Waals surface area contributed by atoms with Gasteiger partial charge < -0.3 is 5.32 Å². The number of hydrogen-bond donors (Lipinski definition) is 1. The van der Waals surface area contributed by atoms with Crippen LogP contribution in [0.2, 0.25) is 0 Å². The van der Waals surface area contributed by atoms with E-state index in [0.29, 0.717) is 23.4 Å². The van der Waals surface area contributed by atoms with E-state index in [0.717, 1.165) is 10.2 Å². The number of benzene rings is 1. The van der Waals surface area contributed by atoms with Crippen molar-refractivity contribution in [3.63, 3.8) is 0 Å². The highest BCUT2D eigenvalue weighted by molar-refractivity contribution is 9.10. The number of carbonyl (C=O) groups excluding carboxylic acids is 1. The Bertz CT molecular complexity index is 895. The Labute approximate surface area is 153 Å². The minimum absolute atomic E-state index is 0.217. The first-order valence-electron chi connectivity index (χ1n) is 7.80. The van der Waals surface area contributed by atoms with E-state index >= 15 is 0 Å². The quantitative estimate of drug-likeness (QED) is 0.708. The average molecular weight is 403 g/mol. The van der Waals surface area contributed by atoms with E-state index in [1.54, 1.807) is 16.9 Å². The van der Waals surface area contributed by atoms with Gasteiger partial charge in [0.25, 0.3) is 5.91 Å². The summed E-state index contributed by atoms with van der Waals surface area (Å²) in [6.07, 6.45) is 3.84. The fourth-order valence-electron chi connectivity index (χ4n) is 2.53. The van der Waals surface area contributed by atoms with Gasteiger partial charge in [0.1, 0.15) is 5.82 Å². The van der Waals surface area contributed by atoms with Gasteiger partial charge in [-0.25, -0.2) is 14.1 Å². The van der Waals surface area contributed by atoms with Crippen LogP contribution in [0.15, 0.2) is 53.3 Å². The monoisotopic (exact) mass is 402 g/mol. The van der Waals surface area contributed by atoms with Crippen LogP contribution in [-0.4, -0.2) is 20.7 Å². The number of hydrogen-bond acceptors (Lipinski definition) is 3. The van der Waals surface area contributed by atoms with Crippen molar-refractivity contribution < 1.29 is 9.18 Å². The molecule has 0 radical (unpaired) electrons. The summed E-state index contributed by atoms with van der Waals surface area (Å²) >= 11 is 3.36. The Kier molecular flexibility index (Phi) is 5.23. The van der Waals surface area contributed by atoms with E-state index in [-0.39, 0.29) is 18.3 Å². The van der Waals surface area contributed by atoms with Crippen molar-refractivity contribution in [1.29, 1.82) is 0 Å². The van der Waals surface area contributed by atoms with Gasteiger partial charge >= 0.3 is 0 Å². The smallest absolute Gasteiger partial charge is 0.255 e. The van der Waals surface area contributed by atoms with E-state index in [9.17, 15) is 9.18 Å². The average Bonchev–Trinajstić information content (AvgIpc) is 3.07. The zero-order chi connectivity index (χ0) is 17.8. The van der Waals surface area contributed by atoms with Crippen LogP contribution in [0, 0.1) is 5.82 Å². The Balaban J connectivity index is 1.81. The molecule has 2 heterocycles. The molecule has 7 heteroatoms. The summed E-state index contributed by atoms with van der Waals surface area (Å²) < 4.78 is 15.8. The van der Waals surface area contributed by atoms with Gasteiger partial charge in [0.2, 0.25) is 0 Å². The molecule has 0 unspecified atom stereocenters. The summed E-state index contributed by atoms with van der Waals surface area (Å²) in [4.78, 5) is 16.8. The van der Waals surface area contributed by atoms with Crippen LogP contribution in [0.5, 0.6) is 0 Å². The highest BCUT2D eigenvalue weighted by atomic mass is 79.9. The van der Waals surface area contributed by atoms with Gasteiger partial charge in [0.05, 0.1) is 17.5 Å². The number of amides is 1. The lowest BCUT2D eigenvalue weighted by Crippen LogP contribution is -2.24. The second-order valence-corrected chi connectivity index (χ2v) is 6.23. The van der Waals surface area contributed by atoms with Gasteiger partial charge in [-0.15, -0.1) is 0 Å². The van der Waals surface area contributed by atoms with E-state index < -0.39 is 0 Å². The van der Waals surface area contributed by atoms with Crippen molar-refractivity contribution in [3.8, 4) is 5.82 Å². The van der Waals surface area contributed by atoms with Crippen LogP contribution >= 0.6 is 15.9 Å². The highest BCUT2D eigenvalue weighted by Gasteiger charge is 2.17. The summed E-state index contributed by atoms with van der Waals surface area (Å²) in [5, 5.41) is 7.10. The number of rotatable bonds is 5. The summed E-state index contributed by atoms with van der Waals surface area (Å²) in [6, 6.07) is 9.89. The molecule has 0 aliphatic carbocycles. The first-order valence-corrected chi connectivity index (χ1v) is 8.60. The molecule has 5 nitrogen and oxygen atoms in total. The zero-order valence-electron chi connectivity index (χ0n) is 13.5. The van der Waals surface area contributed by atoms with Gasteiger partial charge in [-0.2, -0.15) is 5.10 Å². The van der Waals surface area contributed by atoms with Crippen LogP contribution in [0.1, 0.15) is 28.5 Å². The Morgan fingerprint density at radius 1 is 1.32 bits per heavy atom. The summed E-state index contributed by atoms with van der Waals surface area (Å²) in [5.41, 5.74) is 1.93. The van der Waals surface area contributed by atoms with Gasteiger partial charge in [-0.1, -0.05) is 28.9 Å². The molecule has 1 N–H and O–H groups in total. The topological polar surface area (TPSA) is 59.8 Å². The molecule has 0 fully saturated rings. The molecule has 0 spiro atoms. The third-order valence-electron chi connectivity index (χ3n) is 3.76. The molecule has 0 aliphatic heterocycles. The SMILES string of the molecule is CCc1c(C(=O)NCc2cc(F)ccc2Br)cnn1-c1ccccn1. The van der Waals surface area contributed by atoms with Crippen LogP contribution < -0.4 is 5.32 Å². The second-order valence-electron chi connectivity index (χ2n) is 5.38. The van der Waals surface area contributed by atoms with Crippen LogP contribution in [-0.2, 0) is 13.0 Å². The number of pyridine rings is 1. The van der Waals surface area contributed by atoms with Crippen LogP contribution in [0.25, 0.3) is 5.82 Å². The summed E-state index contributed by atoms with van der Waals surface area (Å²) in [5.74, 6) is 0.0612. The maximum atomic E-state index is 13.4. The Morgan fingerprint density at radius 3 is 2.88 bits per heavy atom. The molecule has 3 aromatic rings. The Morgan fingerprint density at radius 2 is 2.16 bits per heavy atom. The number of carbonyl (C=O) groups is 1. The zero-order valence-corrected chi connectivity index (χ0v) is 15.1. The van der Waals surface area contributed by atoms with Gasteiger partial charge in [0.15, 0.2) is 5.82 Å². The minimum Gasteiger partial charge on any atom is -0.348 e. The van der Waals surface area contributed by atoms with Crippen molar-refractivity contribution in [3.05, 3.63) is 75.9 Å². The minimum atomic E-state index is -0.343. The molecule has 1 aromatic carbocycles. The largest absolute Gasteiger partial charge is 0.348 e. The maximum absolute atomic E-state index is 13.4. The predicted octanol–water partition coefficient (Wildman–Crippen LogP) is 3.66. The van der Waals surface area contributed by atoms with Crippen molar-refractivity contribution >= 4 is 21.8 Å². The molecule has 0 aliphatic rings. The van der Waals surface area contributed by atoms with E-state index in [2.05, 4.69) is 31.3 Å². The molecular weight excluding hydrogens is 387 g/mol. The lowest BCUT2D eigenvalue weighted by Gasteiger charge is -2.09. The predicted molar refractivity (Wildman–Crippen MR) is 96.0 cm³/mol. The van der Waals surface area contributed by atoms with Crippen molar-refractivity contribution in [1.82, 2.24) is 20.1 Å². The van der Waals surface area contributed by atoms with Gasteiger partial charge in [0, 0.05) is 17.2 Å². The lowest BCUT2D eigenvalue weighted by molar-refractivity contribution is 0.0950. The maximum Gasteiger partial charge on any atom is 0.255 e. The Hall–Kier alpha value is -2.54. The molecule has 0 saturated heterocycles. The molecule has 1 amide bonds. The molecule has 3 rings (SSSR count). The first kappa shape index (κ1) is 17.3. The number of aromatic nitrogens is 3. The molecule has 0 atom stereocenters. The molecule has 0 bridgehead atoms. The number of nitrogens with one attached hydrogen (secondary N) is 1. The summed E-state index contributed by atoms with van der Waals surface area (Å²) in [6.45, 7) is 2.17. The molecule has 25 heavy (non-hydrogen) atoms. The van der Waals surface area contributed by atoms with E-state index in [1.165, 1.54) is 18.3 Å². The number of nitrogens with zero attached hydrogens (tertiary/aromatic N) is 3. The van der Waals surface area contributed by atoms with Crippen molar-refractivity contribution in [2.24, 2.45) is 0 Å². The standard InChI is InChI=1S/C18H16BrFN4O/c1-2-16-14(11-23-24(16)17-5-3-4-8-21-17)18(25)22-10-12-9-13(20)6-7-15(12)19/h3-9,11H,2,10H2,1H3,(H,22,25). The number of halogens is 2. The highest BCUT2D eigenvalue weighted by Crippen LogP contribution is 2.18. The van der Waals surface area contributed by atoms with Crippen LogP contribution in [0.4, 0.5) is 4.39 Å².